The molecule has 0 saturated carbocycles. The lowest BCUT2D eigenvalue weighted by molar-refractivity contribution is -0.120. The van der Waals surface area contributed by atoms with Gasteiger partial charge in [0.25, 0.3) is 11.8 Å². The van der Waals surface area contributed by atoms with Crippen molar-refractivity contribution in [3.05, 3.63) is 94.7 Å². The average Bonchev–Trinajstić information content (AvgIpc) is 3.04. The lowest BCUT2D eigenvalue weighted by atomic mass is 10.0. The largest absolute Gasteiger partial charge is 0.493 e. The zero-order valence-electron chi connectivity index (χ0n) is 20.3. The summed E-state index contributed by atoms with van der Waals surface area (Å²) in [4.78, 5) is 28.5. The summed E-state index contributed by atoms with van der Waals surface area (Å²) in [5.41, 5.74) is 5.74. The first kappa shape index (κ1) is 23.3. The highest BCUT2D eigenvalue weighted by molar-refractivity contribution is 6.46. The fourth-order valence-electron chi connectivity index (χ4n) is 3.98. The molecule has 1 heterocycles. The van der Waals surface area contributed by atoms with Crippen LogP contribution in [-0.2, 0) is 9.59 Å². The smallest absolute Gasteiger partial charge is 0.282 e. The Morgan fingerprint density at radius 1 is 0.853 bits per heavy atom. The molecule has 0 saturated heterocycles. The lowest BCUT2D eigenvalue weighted by Crippen LogP contribution is -2.32. The Morgan fingerprint density at radius 2 is 1.56 bits per heavy atom. The second-order valence-corrected chi connectivity index (χ2v) is 9.21. The van der Waals surface area contributed by atoms with Gasteiger partial charge in [0.1, 0.15) is 11.4 Å². The molecule has 0 fully saturated rings. The molecule has 0 unspecified atom stereocenters. The molecule has 0 aliphatic carbocycles. The van der Waals surface area contributed by atoms with Gasteiger partial charge in [-0.1, -0.05) is 55.8 Å². The predicted molar refractivity (Wildman–Crippen MR) is 137 cm³/mol. The van der Waals surface area contributed by atoms with Gasteiger partial charge in [-0.05, 0) is 73.7 Å². The normalized spacial score (nSPS) is 13.8. The van der Waals surface area contributed by atoms with Crippen LogP contribution in [0.1, 0.15) is 36.1 Å². The van der Waals surface area contributed by atoms with E-state index in [-0.39, 0.29) is 17.5 Å². The Bertz CT molecular complexity index is 1270. The van der Waals surface area contributed by atoms with Gasteiger partial charge < -0.3 is 10.1 Å². The van der Waals surface area contributed by atoms with E-state index in [1.807, 2.05) is 81.4 Å². The molecule has 2 amide bonds. The molecule has 5 nitrogen and oxygen atoms in total. The summed E-state index contributed by atoms with van der Waals surface area (Å²) in [5.74, 6) is 0.423. The van der Waals surface area contributed by atoms with E-state index in [2.05, 4.69) is 19.2 Å². The highest BCUT2D eigenvalue weighted by Crippen LogP contribution is 2.35. The third kappa shape index (κ3) is 4.74. The first-order valence-electron chi connectivity index (χ1n) is 11.5. The van der Waals surface area contributed by atoms with Gasteiger partial charge in [-0.2, -0.15) is 0 Å². The minimum absolute atomic E-state index is 0.273. The van der Waals surface area contributed by atoms with Gasteiger partial charge >= 0.3 is 0 Å². The highest BCUT2D eigenvalue weighted by atomic mass is 16.5. The summed E-state index contributed by atoms with van der Waals surface area (Å²) in [6.07, 6.45) is 0. The molecule has 34 heavy (non-hydrogen) atoms. The summed E-state index contributed by atoms with van der Waals surface area (Å²) >= 11 is 0. The van der Waals surface area contributed by atoms with E-state index in [4.69, 9.17) is 4.74 Å². The minimum Gasteiger partial charge on any atom is -0.493 e. The maximum absolute atomic E-state index is 13.6. The molecule has 3 aromatic carbocycles. The van der Waals surface area contributed by atoms with Gasteiger partial charge in [-0.25, -0.2) is 4.90 Å². The first-order valence-corrected chi connectivity index (χ1v) is 11.5. The van der Waals surface area contributed by atoms with Crippen molar-refractivity contribution in [3.63, 3.8) is 0 Å². The maximum Gasteiger partial charge on any atom is 0.282 e. The van der Waals surface area contributed by atoms with Gasteiger partial charge in [-0.15, -0.1) is 0 Å². The van der Waals surface area contributed by atoms with E-state index in [0.717, 1.165) is 28.1 Å². The van der Waals surface area contributed by atoms with Crippen molar-refractivity contribution in [2.24, 2.45) is 5.92 Å². The number of nitrogens with zero attached hydrogens (tertiary/aromatic N) is 1. The van der Waals surface area contributed by atoms with Gasteiger partial charge in [0.2, 0.25) is 0 Å². The molecule has 0 spiro atoms. The van der Waals surface area contributed by atoms with Crippen LogP contribution in [-0.4, -0.2) is 18.4 Å². The van der Waals surface area contributed by atoms with E-state index < -0.39 is 0 Å². The summed E-state index contributed by atoms with van der Waals surface area (Å²) in [5, 5.41) is 3.27. The second-order valence-electron chi connectivity index (χ2n) is 9.21. The van der Waals surface area contributed by atoms with E-state index >= 15 is 0 Å². The fraction of sp³-hybridized carbons (Fsp3) is 0.241. The van der Waals surface area contributed by atoms with Crippen molar-refractivity contribution in [2.75, 3.05) is 16.8 Å². The van der Waals surface area contributed by atoms with Gasteiger partial charge in [0.05, 0.1) is 17.9 Å². The molecule has 0 atom stereocenters. The number of anilines is 2. The van der Waals surface area contributed by atoms with Crippen molar-refractivity contribution in [1.29, 1.82) is 0 Å². The van der Waals surface area contributed by atoms with Crippen molar-refractivity contribution < 1.29 is 14.3 Å². The quantitative estimate of drug-likeness (QED) is 0.442. The molecule has 1 aliphatic heterocycles. The zero-order chi connectivity index (χ0) is 24.4. The molecule has 0 aromatic heterocycles. The molecular weight excluding hydrogens is 424 g/mol. The number of ether oxygens (including phenoxy) is 1. The average molecular weight is 455 g/mol. The van der Waals surface area contributed by atoms with E-state index in [0.29, 0.717) is 29.3 Å². The molecule has 3 aromatic rings. The Labute approximate surface area is 201 Å². The number of benzene rings is 3. The van der Waals surface area contributed by atoms with Crippen LogP contribution in [0.2, 0.25) is 0 Å². The van der Waals surface area contributed by atoms with Crippen LogP contribution in [0.4, 0.5) is 11.4 Å². The summed E-state index contributed by atoms with van der Waals surface area (Å²) < 4.78 is 5.79. The van der Waals surface area contributed by atoms with Crippen LogP contribution < -0.4 is 15.0 Å². The van der Waals surface area contributed by atoms with E-state index in [9.17, 15) is 9.59 Å². The first-order chi connectivity index (χ1) is 16.2. The van der Waals surface area contributed by atoms with Crippen LogP contribution >= 0.6 is 0 Å². The Balaban J connectivity index is 1.76. The molecule has 4 rings (SSSR count). The number of nitrogens with one attached hydrogen (secondary N) is 1. The monoisotopic (exact) mass is 454 g/mol. The molecule has 174 valence electrons. The molecule has 1 N–H and O–H groups in total. The number of carbonyl (C=O) groups is 2. The number of amides is 2. The van der Waals surface area contributed by atoms with Crippen LogP contribution in [0, 0.1) is 26.7 Å². The fourth-order valence-corrected chi connectivity index (χ4v) is 3.98. The standard InChI is InChI=1S/C29H30N2O3/c1-18(2)17-34-24-12-10-22(11-13-24)26-27(30-25-14-9-20(4)15-21(25)5)29(33)31(28(26)32)23-8-6-7-19(3)16-23/h6-16,18,30H,17H2,1-5H3. The Hall–Kier alpha value is -3.86. The van der Waals surface area contributed by atoms with Crippen molar-refractivity contribution in [3.8, 4) is 5.75 Å². The van der Waals surface area contributed by atoms with Crippen LogP contribution in [0.5, 0.6) is 5.75 Å². The number of imide groups is 1. The Morgan fingerprint density at radius 3 is 2.21 bits per heavy atom. The third-order valence-corrected chi connectivity index (χ3v) is 5.71. The number of carbonyl (C=O) groups excluding carboxylic acids is 2. The highest BCUT2D eigenvalue weighted by Gasteiger charge is 2.40. The minimum atomic E-state index is -0.370. The zero-order valence-corrected chi connectivity index (χ0v) is 20.3. The number of hydrogen-bond acceptors (Lipinski definition) is 4. The van der Waals surface area contributed by atoms with Crippen molar-refractivity contribution in [2.45, 2.75) is 34.6 Å². The number of hydrogen-bond donors (Lipinski definition) is 1. The molecule has 0 radical (unpaired) electrons. The molecule has 1 aliphatic rings. The third-order valence-electron chi connectivity index (χ3n) is 5.71. The molecular formula is C29H30N2O3. The molecule has 0 bridgehead atoms. The van der Waals surface area contributed by atoms with Gasteiger partial charge in [-0.3, -0.25) is 9.59 Å². The second kappa shape index (κ2) is 9.56. The predicted octanol–water partition coefficient (Wildman–Crippen LogP) is 6.04. The van der Waals surface area contributed by atoms with E-state index in [1.165, 1.54) is 4.90 Å². The van der Waals surface area contributed by atoms with Crippen molar-refractivity contribution in [1.82, 2.24) is 0 Å². The number of aryl methyl sites for hydroxylation is 3. The SMILES string of the molecule is Cc1cccc(N2C(=O)C(Nc3ccc(C)cc3C)=C(c3ccc(OCC(C)C)cc3)C2=O)c1. The van der Waals surface area contributed by atoms with Gasteiger partial charge in [0, 0.05) is 5.69 Å². The van der Waals surface area contributed by atoms with E-state index in [1.54, 1.807) is 6.07 Å². The summed E-state index contributed by atoms with van der Waals surface area (Å²) in [7, 11) is 0. The van der Waals surface area contributed by atoms with Crippen LogP contribution in [0.15, 0.2) is 72.4 Å². The summed E-state index contributed by atoms with van der Waals surface area (Å²) in [6, 6.07) is 20.7. The number of rotatable bonds is 7. The van der Waals surface area contributed by atoms with Crippen LogP contribution in [0.25, 0.3) is 5.57 Å². The van der Waals surface area contributed by atoms with Gasteiger partial charge in [0.15, 0.2) is 0 Å². The molecule has 5 heteroatoms. The Kier molecular flexibility index (Phi) is 6.55. The van der Waals surface area contributed by atoms with Crippen LogP contribution in [0.3, 0.4) is 0 Å². The summed E-state index contributed by atoms with van der Waals surface area (Å²) in [6.45, 7) is 10.7. The lowest BCUT2D eigenvalue weighted by Gasteiger charge is -2.16. The topological polar surface area (TPSA) is 58.6 Å². The maximum atomic E-state index is 13.6. The van der Waals surface area contributed by atoms with Crippen molar-refractivity contribution >= 4 is 28.8 Å².